The minimum absolute atomic E-state index is 0.929. The summed E-state index contributed by atoms with van der Waals surface area (Å²) in [6.45, 7) is 0. The highest BCUT2D eigenvalue weighted by molar-refractivity contribution is 6.20. The van der Waals surface area contributed by atoms with Gasteiger partial charge in [0.05, 0.1) is 22.1 Å². The molecule has 0 saturated heterocycles. The third kappa shape index (κ3) is 2.71. The number of fused-ring (bicyclic) bond motifs is 7. The van der Waals surface area contributed by atoms with E-state index in [1.54, 1.807) is 0 Å². The number of pyridine rings is 1. The fraction of sp³-hybridized carbons (Fsp3) is 0. The van der Waals surface area contributed by atoms with Gasteiger partial charge in [0, 0.05) is 38.8 Å². The van der Waals surface area contributed by atoms with Gasteiger partial charge in [0.25, 0.3) is 0 Å². The van der Waals surface area contributed by atoms with Gasteiger partial charge >= 0.3 is 0 Å². The van der Waals surface area contributed by atoms with E-state index in [-0.39, 0.29) is 0 Å². The van der Waals surface area contributed by atoms with Crippen LogP contribution in [-0.2, 0) is 0 Å². The molecule has 3 heteroatoms. The summed E-state index contributed by atoms with van der Waals surface area (Å²) in [5.41, 5.74) is 5.79. The van der Waals surface area contributed by atoms with Crippen LogP contribution in [0, 0.1) is 0 Å². The molecule has 5 aromatic carbocycles. The summed E-state index contributed by atoms with van der Waals surface area (Å²) in [6, 6.07) is 43.2. The molecule has 0 spiro atoms. The van der Waals surface area contributed by atoms with E-state index in [1.165, 1.54) is 43.7 Å². The second-order valence-corrected chi connectivity index (χ2v) is 9.33. The molecule has 0 bridgehead atoms. The Labute approximate surface area is 207 Å². The molecule has 0 amide bonds. The minimum atomic E-state index is 0.929. The van der Waals surface area contributed by atoms with E-state index >= 15 is 0 Å². The van der Waals surface area contributed by atoms with Crippen LogP contribution < -0.4 is 0 Å². The van der Waals surface area contributed by atoms with Crippen molar-refractivity contribution in [3.8, 4) is 11.5 Å². The fourth-order valence-electron chi connectivity index (χ4n) is 5.65. The summed E-state index contributed by atoms with van der Waals surface area (Å²) in [5, 5.41) is 7.37. The number of benzene rings is 5. The van der Waals surface area contributed by atoms with Crippen molar-refractivity contribution >= 4 is 54.4 Å². The molecule has 0 N–H and O–H groups in total. The summed E-state index contributed by atoms with van der Waals surface area (Å²) in [5.74, 6) is 0.929. The highest BCUT2D eigenvalue weighted by Gasteiger charge is 2.16. The minimum Gasteiger partial charge on any atom is -0.309 e. The molecular formula is C33H21N3. The summed E-state index contributed by atoms with van der Waals surface area (Å²) < 4.78 is 4.61. The average Bonchev–Trinajstić information content (AvgIpc) is 3.51. The molecule has 0 radical (unpaired) electrons. The lowest BCUT2D eigenvalue weighted by atomic mass is 10.0. The molecule has 0 unspecified atom stereocenters. The largest absolute Gasteiger partial charge is 0.309 e. The SMILES string of the molecule is c1ccc(-n2c3ccccc3c3ccc4cc5ccn(-c6ccc7ccccc7n6)c5cc4c32)cc1. The number of rotatable bonds is 2. The molecule has 3 aromatic heterocycles. The van der Waals surface area contributed by atoms with Gasteiger partial charge in [-0.3, -0.25) is 0 Å². The Morgan fingerprint density at radius 3 is 2.25 bits per heavy atom. The van der Waals surface area contributed by atoms with E-state index in [0.29, 0.717) is 0 Å². The van der Waals surface area contributed by atoms with E-state index in [0.717, 1.165) is 22.2 Å². The van der Waals surface area contributed by atoms with Crippen LogP contribution in [0.3, 0.4) is 0 Å². The van der Waals surface area contributed by atoms with Crippen molar-refractivity contribution in [1.82, 2.24) is 14.1 Å². The molecule has 8 aromatic rings. The van der Waals surface area contributed by atoms with E-state index in [9.17, 15) is 0 Å². The van der Waals surface area contributed by atoms with Crippen molar-refractivity contribution in [3.63, 3.8) is 0 Å². The molecule has 36 heavy (non-hydrogen) atoms. The van der Waals surface area contributed by atoms with Gasteiger partial charge in [-0.15, -0.1) is 0 Å². The Morgan fingerprint density at radius 1 is 0.500 bits per heavy atom. The zero-order chi connectivity index (χ0) is 23.6. The predicted octanol–water partition coefficient (Wildman–Crippen LogP) is 8.43. The van der Waals surface area contributed by atoms with Crippen LogP contribution in [0.25, 0.3) is 65.9 Å². The normalized spacial score (nSPS) is 11.9. The third-order valence-electron chi connectivity index (χ3n) is 7.30. The van der Waals surface area contributed by atoms with Gasteiger partial charge in [0.2, 0.25) is 0 Å². The number of hydrogen-bond acceptors (Lipinski definition) is 1. The van der Waals surface area contributed by atoms with E-state index in [1.807, 2.05) is 6.07 Å². The molecule has 0 aliphatic heterocycles. The van der Waals surface area contributed by atoms with Crippen LogP contribution in [0.2, 0.25) is 0 Å². The van der Waals surface area contributed by atoms with E-state index in [4.69, 9.17) is 4.98 Å². The maximum atomic E-state index is 4.97. The molecule has 0 aliphatic rings. The first kappa shape index (κ1) is 19.4. The standard InChI is InChI=1S/C33H21N3/c1-2-9-25(10-3-1)36-30-13-7-5-11-26(30)27-16-14-23-20-24-18-19-35(31(24)21-28(23)33(27)36)32-17-15-22-8-4-6-12-29(22)34-32/h1-21H. The van der Waals surface area contributed by atoms with Gasteiger partial charge in [-0.2, -0.15) is 0 Å². The summed E-state index contributed by atoms with van der Waals surface area (Å²) in [7, 11) is 0. The maximum Gasteiger partial charge on any atom is 0.137 e. The molecule has 8 rings (SSSR count). The van der Waals surface area contributed by atoms with Crippen LogP contribution in [0.15, 0.2) is 128 Å². The van der Waals surface area contributed by atoms with E-state index < -0.39 is 0 Å². The first-order valence-corrected chi connectivity index (χ1v) is 12.2. The Bertz CT molecular complexity index is 2100. The molecule has 0 aliphatic carbocycles. The van der Waals surface area contributed by atoms with Crippen molar-refractivity contribution in [2.45, 2.75) is 0 Å². The monoisotopic (exact) mass is 459 g/mol. The van der Waals surface area contributed by atoms with Gasteiger partial charge in [0.15, 0.2) is 0 Å². The van der Waals surface area contributed by atoms with Crippen LogP contribution in [0.1, 0.15) is 0 Å². The molecular weight excluding hydrogens is 438 g/mol. The van der Waals surface area contributed by atoms with Crippen molar-refractivity contribution in [3.05, 3.63) is 128 Å². The number of aromatic nitrogens is 3. The second kappa shape index (κ2) is 7.30. The lowest BCUT2D eigenvalue weighted by Gasteiger charge is -2.11. The van der Waals surface area contributed by atoms with Crippen LogP contribution in [-0.4, -0.2) is 14.1 Å². The first-order valence-electron chi connectivity index (χ1n) is 12.2. The van der Waals surface area contributed by atoms with Crippen molar-refractivity contribution < 1.29 is 0 Å². The number of nitrogens with zero attached hydrogens (tertiary/aromatic N) is 3. The Morgan fingerprint density at radius 2 is 1.31 bits per heavy atom. The number of para-hydroxylation sites is 3. The van der Waals surface area contributed by atoms with Crippen LogP contribution >= 0.6 is 0 Å². The fourth-order valence-corrected chi connectivity index (χ4v) is 5.65. The zero-order valence-electron chi connectivity index (χ0n) is 19.5. The molecule has 0 saturated carbocycles. The maximum absolute atomic E-state index is 4.97. The van der Waals surface area contributed by atoms with Crippen LogP contribution in [0.4, 0.5) is 0 Å². The van der Waals surface area contributed by atoms with Crippen molar-refractivity contribution in [2.75, 3.05) is 0 Å². The summed E-state index contributed by atoms with van der Waals surface area (Å²) >= 11 is 0. The molecule has 0 atom stereocenters. The van der Waals surface area contributed by atoms with E-state index in [2.05, 4.69) is 131 Å². The smallest absolute Gasteiger partial charge is 0.137 e. The highest BCUT2D eigenvalue weighted by atomic mass is 15.1. The lowest BCUT2D eigenvalue weighted by molar-refractivity contribution is 1.06. The second-order valence-electron chi connectivity index (χ2n) is 9.33. The molecule has 3 nitrogen and oxygen atoms in total. The summed E-state index contributed by atoms with van der Waals surface area (Å²) in [4.78, 5) is 4.97. The first-order chi connectivity index (χ1) is 17.8. The topological polar surface area (TPSA) is 22.8 Å². The molecule has 3 heterocycles. The van der Waals surface area contributed by atoms with Gasteiger partial charge in [0.1, 0.15) is 5.82 Å². The van der Waals surface area contributed by atoms with Gasteiger partial charge in [-0.05, 0) is 60.0 Å². The number of hydrogen-bond donors (Lipinski definition) is 0. The Kier molecular flexibility index (Phi) is 3.94. The van der Waals surface area contributed by atoms with Crippen molar-refractivity contribution in [1.29, 1.82) is 0 Å². The van der Waals surface area contributed by atoms with Crippen LogP contribution in [0.5, 0.6) is 0 Å². The highest BCUT2D eigenvalue weighted by Crippen LogP contribution is 2.38. The third-order valence-corrected chi connectivity index (χ3v) is 7.30. The van der Waals surface area contributed by atoms with Gasteiger partial charge < -0.3 is 9.13 Å². The Hall–Kier alpha value is -4.89. The van der Waals surface area contributed by atoms with Crippen molar-refractivity contribution in [2.24, 2.45) is 0 Å². The average molecular weight is 460 g/mol. The lowest BCUT2D eigenvalue weighted by Crippen LogP contribution is -1.96. The van der Waals surface area contributed by atoms with Gasteiger partial charge in [-0.1, -0.05) is 66.7 Å². The Balaban J connectivity index is 1.48. The summed E-state index contributed by atoms with van der Waals surface area (Å²) in [6.07, 6.45) is 2.13. The zero-order valence-corrected chi connectivity index (χ0v) is 19.5. The quantitative estimate of drug-likeness (QED) is 0.254. The van der Waals surface area contributed by atoms with Gasteiger partial charge in [-0.25, -0.2) is 4.98 Å². The molecule has 0 fully saturated rings. The molecule has 168 valence electrons. The predicted molar refractivity (Wildman–Crippen MR) is 150 cm³/mol.